The summed E-state index contributed by atoms with van der Waals surface area (Å²) in [7, 11) is 1.47. The number of aliphatic hydroxyl groups excluding tert-OH is 1. The Morgan fingerprint density at radius 1 is 0.926 bits per heavy atom. The highest BCUT2D eigenvalue weighted by Crippen LogP contribution is 2.64. The van der Waals surface area contributed by atoms with Crippen LogP contribution in [0.15, 0.2) is 71.8 Å². The zero-order valence-electron chi connectivity index (χ0n) is 40.5. The van der Waals surface area contributed by atoms with Crippen LogP contribution in [0, 0.1) is 16.7 Å². The van der Waals surface area contributed by atoms with E-state index in [0.29, 0.717) is 12.0 Å². The number of benzene rings is 2. The molecule has 0 unspecified atom stereocenters. The van der Waals surface area contributed by atoms with E-state index in [1.165, 1.54) is 37.9 Å². The zero-order chi connectivity index (χ0) is 50.3. The topological polar surface area (TPSA) is 240 Å². The van der Waals surface area contributed by atoms with Crippen LogP contribution >= 0.6 is 0 Å². The highest BCUT2D eigenvalue weighted by Gasteiger charge is 2.78. The molecule has 6 rings (SSSR count). The van der Waals surface area contributed by atoms with Gasteiger partial charge < -0.3 is 53.6 Å². The maximum Gasteiger partial charge on any atom is 0.410 e. The largest absolute Gasteiger partial charge is 0.455 e. The quantitative estimate of drug-likeness (QED) is 0.139. The highest BCUT2D eigenvalue weighted by molar-refractivity contribution is 5.95. The number of aliphatic hydroxyl groups is 2. The Hall–Kier alpha value is -5.85. The minimum atomic E-state index is -2.45. The molecule has 1 heterocycles. The first-order valence-corrected chi connectivity index (χ1v) is 22.8. The zero-order valence-corrected chi connectivity index (χ0v) is 40.5. The SMILES string of the molecule is CCCN(C)C(=O)O[C@@H](C(=O)O[C@H]1C[C@@]2(O)[C@@H](OC(=O)c3ccccc3)[C@@H]3[C@]4(OC(C)=O)CO[C@@H]4C[C@H](O)[C@@]3(C)C(=O)[C@H](OC(C)=O)C(=C1C)C2(C)C)[C@@H](NC(=O)OC(C)(C)C)c1ccccc1. The van der Waals surface area contributed by atoms with Crippen molar-refractivity contribution in [1.29, 1.82) is 0 Å². The van der Waals surface area contributed by atoms with E-state index in [1.54, 1.807) is 83.1 Å². The number of ether oxygens (including phenoxy) is 7. The van der Waals surface area contributed by atoms with Gasteiger partial charge in [-0.05, 0) is 69.9 Å². The van der Waals surface area contributed by atoms with Crippen molar-refractivity contribution in [3.8, 4) is 0 Å². The van der Waals surface area contributed by atoms with Gasteiger partial charge in [-0.15, -0.1) is 0 Å². The number of fused-ring (bicyclic) bond motifs is 5. The molecule has 1 aliphatic heterocycles. The molecule has 3 fully saturated rings. The third-order valence-electron chi connectivity index (χ3n) is 13.9. The smallest absolute Gasteiger partial charge is 0.410 e. The molecule has 2 bridgehead atoms. The van der Waals surface area contributed by atoms with Crippen molar-refractivity contribution >= 4 is 41.8 Å². The van der Waals surface area contributed by atoms with E-state index in [4.69, 9.17) is 33.2 Å². The first-order chi connectivity index (χ1) is 31.7. The third-order valence-corrected chi connectivity index (χ3v) is 13.9. The van der Waals surface area contributed by atoms with E-state index in [9.17, 15) is 34.2 Å². The van der Waals surface area contributed by atoms with Gasteiger partial charge in [-0.1, -0.05) is 69.3 Å². The van der Waals surface area contributed by atoms with Gasteiger partial charge >= 0.3 is 36.1 Å². The molecule has 3 N–H and O–H groups in total. The van der Waals surface area contributed by atoms with Crippen LogP contribution in [0.25, 0.3) is 0 Å². The molecule has 0 radical (unpaired) electrons. The Kier molecular flexibility index (Phi) is 14.6. The van der Waals surface area contributed by atoms with Crippen molar-refractivity contribution in [2.24, 2.45) is 16.7 Å². The van der Waals surface area contributed by atoms with Crippen molar-refractivity contribution in [3.63, 3.8) is 0 Å². The summed E-state index contributed by atoms with van der Waals surface area (Å²) in [6.07, 6.45) is -12.1. The average Bonchev–Trinajstić information content (AvgIpc) is 3.25. The molecule has 68 heavy (non-hydrogen) atoms. The summed E-state index contributed by atoms with van der Waals surface area (Å²) in [6, 6.07) is 14.6. The maximum absolute atomic E-state index is 15.7. The Morgan fingerprint density at radius 2 is 1.54 bits per heavy atom. The molecule has 4 aliphatic rings. The second-order valence-electron chi connectivity index (χ2n) is 19.9. The predicted octanol–water partition coefficient (Wildman–Crippen LogP) is 5.32. The number of nitrogens with one attached hydrogen (secondary N) is 1. The molecular weight excluding hydrogens is 885 g/mol. The number of hydrogen-bond donors (Lipinski definition) is 3. The van der Waals surface area contributed by atoms with Crippen LogP contribution in [0.3, 0.4) is 0 Å². The molecule has 18 nitrogen and oxygen atoms in total. The molecule has 370 valence electrons. The van der Waals surface area contributed by atoms with E-state index >= 15 is 9.59 Å². The first kappa shape index (κ1) is 51.5. The minimum Gasteiger partial charge on any atom is -0.455 e. The number of carbonyl (C=O) groups is 7. The summed E-state index contributed by atoms with van der Waals surface area (Å²) >= 11 is 0. The third kappa shape index (κ3) is 9.46. The van der Waals surface area contributed by atoms with Gasteiger partial charge in [0, 0.05) is 45.7 Å². The molecule has 1 saturated heterocycles. The van der Waals surface area contributed by atoms with Crippen molar-refractivity contribution in [3.05, 3.63) is 82.9 Å². The van der Waals surface area contributed by atoms with Gasteiger partial charge in [0.1, 0.15) is 35.6 Å². The van der Waals surface area contributed by atoms with Crippen LogP contribution < -0.4 is 5.32 Å². The molecule has 2 saturated carbocycles. The van der Waals surface area contributed by atoms with Crippen molar-refractivity contribution in [2.75, 3.05) is 20.2 Å². The number of alkyl carbamates (subject to hydrolysis) is 1. The molecular formula is C50H64N2O16. The summed E-state index contributed by atoms with van der Waals surface area (Å²) < 4.78 is 42.2. The molecule has 0 spiro atoms. The number of carbonyl (C=O) groups excluding carboxylic acids is 7. The molecule has 2 amide bonds. The Morgan fingerprint density at radius 3 is 2.09 bits per heavy atom. The number of esters is 4. The molecule has 2 aromatic carbocycles. The summed E-state index contributed by atoms with van der Waals surface area (Å²) in [6.45, 7) is 14.9. The van der Waals surface area contributed by atoms with Crippen LogP contribution in [0.2, 0.25) is 0 Å². The number of Topliss-reactive ketones (excluding diaryl/α,β-unsaturated/α-hetero) is 1. The fraction of sp³-hybridized carbons (Fsp3) is 0.580. The maximum atomic E-state index is 15.7. The summed E-state index contributed by atoms with van der Waals surface area (Å²) in [4.78, 5) is 99.9. The lowest BCUT2D eigenvalue weighted by molar-refractivity contribution is -0.346. The lowest BCUT2D eigenvalue weighted by Crippen LogP contribution is -2.82. The van der Waals surface area contributed by atoms with E-state index < -0.39 is 124 Å². The summed E-state index contributed by atoms with van der Waals surface area (Å²) in [5, 5.41) is 28.7. The Labute approximate surface area is 395 Å². The monoisotopic (exact) mass is 948 g/mol. The van der Waals surface area contributed by atoms with Gasteiger partial charge in [0.05, 0.1) is 29.6 Å². The standard InChI is InChI=1S/C50H64N2O16/c1-12-23-52(11)45(60)65-38(36(30-19-15-13-16-20-30)51-44(59)68-46(5,6)7)43(58)64-32-25-50(61)41(66-42(57)31-21-17-14-18-22-31)39-48(10,33(55)24-34-49(39,26-62-34)67-29(4)54)40(56)37(63-28(3)53)35(27(32)2)47(50,8)9/h13-22,32-34,36-39,41,55,61H,12,23-26H2,1-11H3,(H,51,59)/t32-,33-,34+,36-,37+,38+,39-,41-,48+,49-,50+/m0/s1. The normalized spacial score (nSPS) is 30.2. The number of ketones is 1. The molecule has 2 aromatic rings. The lowest BCUT2D eigenvalue weighted by Gasteiger charge is -2.67. The molecule has 3 aliphatic carbocycles. The first-order valence-electron chi connectivity index (χ1n) is 22.8. The summed E-state index contributed by atoms with van der Waals surface area (Å²) in [5.41, 5.74) is -8.58. The highest BCUT2D eigenvalue weighted by atomic mass is 16.6. The number of amides is 2. The van der Waals surface area contributed by atoms with Crippen LogP contribution in [-0.2, 0) is 52.3 Å². The Bertz CT molecular complexity index is 2310. The van der Waals surface area contributed by atoms with Crippen molar-refractivity contribution < 1.29 is 76.9 Å². The van der Waals surface area contributed by atoms with E-state index in [-0.39, 0.29) is 36.3 Å². The van der Waals surface area contributed by atoms with E-state index in [2.05, 4.69) is 5.32 Å². The van der Waals surface area contributed by atoms with E-state index in [0.717, 1.165) is 13.8 Å². The van der Waals surface area contributed by atoms with Gasteiger partial charge in [0.2, 0.25) is 6.10 Å². The predicted molar refractivity (Wildman–Crippen MR) is 240 cm³/mol. The van der Waals surface area contributed by atoms with E-state index in [1.807, 2.05) is 6.92 Å². The fourth-order valence-corrected chi connectivity index (χ4v) is 10.5. The second kappa shape index (κ2) is 19.3. The molecule has 18 heteroatoms. The van der Waals surface area contributed by atoms with Crippen LogP contribution in [0.5, 0.6) is 0 Å². The van der Waals surface area contributed by atoms with Gasteiger partial charge in [-0.25, -0.2) is 19.2 Å². The molecule has 0 aromatic heterocycles. The summed E-state index contributed by atoms with van der Waals surface area (Å²) in [5.74, 6) is -6.36. The van der Waals surface area contributed by atoms with Gasteiger partial charge in [-0.3, -0.25) is 14.4 Å². The minimum absolute atomic E-state index is 0.0342. The Balaban J connectivity index is 1.58. The number of hydrogen-bond acceptors (Lipinski definition) is 16. The average molecular weight is 949 g/mol. The molecule has 11 atom stereocenters. The fourth-order valence-electron chi connectivity index (χ4n) is 10.5. The van der Waals surface area contributed by atoms with Gasteiger partial charge in [-0.2, -0.15) is 0 Å². The lowest BCUT2D eigenvalue weighted by atomic mass is 9.44. The van der Waals surface area contributed by atoms with Gasteiger partial charge in [0.25, 0.3) is 0 Å². The second-order valence-corrected chi connectivity index (χ2v) is 19.9. The number of nitrogens with zero attached hydrogens (tertiary/aromatic N) is 1. The number of rotatable bonds is 12. The van der Waals surface area contributed by atoms with Crippen molar-refractivity contribution in [1.82, 2.24) is 10.2 Å². The van der Waals surface area contributed by atoms with Gasteiger partial charge in [0.15, 0.2) is 17.5 Å². The van der Waals surface area contributed by atoms with Crippen LogP contribution in [0.1, 0.15) is 110 Å². The van der Waals surface area contributed by atoms with Crippen molar-refractivity contribution in [2.45, 2.75) is 148 Å². The van der Waals surface area contributed by atoms with Crippen LogP contribution in [0.4, 0.5) is 9.59 Å². The van der Waals surface area contributed by atoms with Crippen LogP contribution in [-0.4, -0.2) is 131 Å².